The number of hydrogen-bond donors (Lipinski definition) is 2. The summed E-state index contributed by atoms with van der Waals surface area (Å²) in [7, 11) is 0. The molecular formula is C15H21N3. The van der Waals surface area contributed by atoms with E-state index in [0.717, 1.165) is 17.5 Å². The Bertz CT molecular complexity index is 467. The molecule has 2 saturated carbocycles. The molecule has 96 valence electrons. The summed E-state index contributed by atoms with van der Waals surface area (Å²) in [4.78, 5) is 4.68. The van der Waals surface area contributed by atoms with E-state index in [-0.39, 0.29) is 0 Å². The van der Waals surface area contributed by atoms with Crippen LogP contribution in [-0.2, 0) is 0 Å². The van der Waals surface area contributed by atoms with E-state index in [0.29, 0.717) is 12.0 Å². The number of nitrogens with two attached hydrogens (primary N) is 1. The van der Waals surface area contributed by atoms with Crippen LogP contribution in [0.5, 0.6) is 0 Å². The van der Waals surface area contributed by atoms with Crippen LogP contribution in [0, 0.1) is 18.8 Å². The Labute approximate surface area is 108 Å². The molecule has 2 bridgehead atoms. The maximum atomic E-state index is 6.03. The first kappa shape index (κ1) is 11.6. The molecule has 3 nitrogen and oxygen atoms in total. The van der Waals surface area contributed by atoms with Gasteiger partial charge in [0.05, 0.1) is 6.04 Å². The van der Waals surface area contributed by atoms with Crippen molar-refractivity contribution in [3.8, 4) is 0 Å². The molecule has 3 N–H and O–H groups in total. The molecule has 0 aromatic heterocycles. The van der Waals surface area contributed by atoms with Crippen molar-refractivity contribution in [2.75, 3.05) is 5.32 Å². The minimum absolute atomic E-state index is 0.459. The number of guanidine groups is 1. The average molecular weight is 243 g/mol. The van der Waals surface area contributed by atoms with Gasteiger partial charge in [-0.15, -0.1) is 0 Å². The second kappa shape index (κ2) is 4.63. The van der Waals surface area contributed by atoms with Gasteiger partial charge in [-0.2, -0.15) is 0 Å². The Morgan fingerprint density at radius 3 is 2.78 bits per heavy atom. The predicted octanol–water partition coefficient (Wildman–Crippen LogP) is 2.91. The van der Waals surface area contributed by atoms with Gasteiger partial charge in [-0.25, -0.2) is 4.99 Å². The molecular weight excluding hydrogens is 222 g/mol. The highest BCUT2D eigenvalue weighted by Crippen LogP contribution is 2.45. The van der Waals surface area contributed by atoms with Gasteiger partial charge >= 0.3 is 0 Å². The molecule has 1 aromatic rings. The zero-order valence-corrected chi connectivity index (χ0v) is 10.9. The summed E-state index contributed by atoms with van der Waals surface area (Å²) in [5.74, 6) is 2.27. The molecule has 3 atom stereocenters. The number of benzene rings is 1. The van der Waals surface area contributed by atoms with Crippen molar-refractivity contribution in [3.05, 3.63) is 29.8 Å². The third-order valence-corrected chi connectivity index (χ3v) is 4.41. The number of para-hydroxylation sites is 1. The highest BCUT2D eigenvalue weighted by molar-refractivity contribution is 5.93. The number of nitrogens with one attached hydrogen (secondary N) is 1. The number of nitrogens with zero attached hydrogens (tertiary/aromatic N) is 1. The summed E-state index contributed by atoms with van der Waals surface area (Å²) in [6.45, 7) is 2.08. The lowest BCUT2D eigenvalue weighted by Gasteiger charge is -2.18. The topological polar surface area (TPSA) is 50.4 Å². The lowest BCUT2D eigenvalue weighted by Crippen LogP contribution is -2.27. The van der Waals surface area contributed by atoms with Crippen LogP contribution in [0.15, 0.2) is 29.3 Å². The molecule has 1 aromatic carbocycles. The molecule has 2 aliphatic carbocycles. The third-order valence-electron chi connectivity index (χ3n) is 4.41. The fraction of sp³-hybridized carbons (Fsp3) is 0.533. The molecule has 3 rings (SSSR count). The Balaban J connectivity index is 1.68. The van der Waals surface area contributed by atoms with Crippen molar-refractivity contribution in [3.63, 3.8) is 0 Å². The average Bonchev–Trinajstić information content (AvgIpc) is 2.94. The Hall–Kier alpha value is -1.51. The van der Waals surface area contributed by atoms with Crippen molar-refractivity contribution in [2.45, 2.75) is 38.6 Å². The molecule has 2 aliphatic rings. The van der Waals surface area contributed by atoms with Crippen LogP contribution in [0.4, 0.5) is 5.69 Å². The van der Waals surface area contributed by atoms with Gasteiger partial charge in [0.2, 0.25) is 0 Å². The van der Waals surface area contributed by atoms with E-state index in [1.54, 1.807) is 0 Å². The van der Waals surface area contributed by atoms with Crippen LogP contribution in [0.2, 0.25) is 0 Å². The van der Waals surface area contributed by atoms with Crippen molar-refractivity contribution in [1.82, 2.24) is 0 Å². The summed E-state index contributed by atoms with van der Waals surface area (Å²) < 4.78 is 0. The van der Waals surface area contributed by atoms with Crippen LogP contribution < -0.4 is 11.1 Å². The first-order chi connectivity index (χ1) is 8.72. The Morgan fingerprint density at radius 2 is 2.11 bits per heavy atom. The fourth-order valence-corrected chi connectivity index (χ4v) is 3.43. The number of aliphatic imine (C=N–C) groups is 1. The maximum Gasteiger partial charge on any atom is 0.193 e. The molecule has 0 spiro atoms. The van der Waals surface area contributed by atoms with Crippen LogP contribution in [-0.4, -0.2) is 12.0 Å². The monoisotopic (exact) mass is 243 g/mol. The standard InChI is InChI=1S/C15H21N3/c1-10-4-2-3-5-13(10)17-15(16)18-14-9-11-6-7-12(14)8-11/h2-5,11-12,14H,6-9H2,1H3,(H3,16,17,18)/t11-,12+,14+/m1/s1. The number of rotatable bonds is 2. The molecule has 0 radical (unpaired) electrons. The number of aryl methyl sites for hydroxylation is 1. The molecule has 0 aliphatic heterocycles. The van der Waals surface area contributed by atoms with E-state index < -0.39 is 0 Å². The van der Waals surface area contributed by atoms with E-state index in [2.05, 4.69) is 23.3 Å². The highest BCUT2D eigenvalue weighted by atomic mass is 15.1. The van der Waals surface area contributed by atoms with Gasteiger partial charge in [-0.1, -0.05) is 24.6 Å². The number of fused-ring (bicyclic) bond motifs is 2. The molecule has 0 heterocycles. The van der Waals surface area contributed by atoms with E-state index in [4.69, 9.17) is 5.73 Å². The zero-order valence-electron chi connectivity index (χ0n) is 10.9. The van der Waals surface area contributed by atoms with Crippen LogP contribution >= 0.6 is 0 Å². The summed E-state index contributed by atoms with van der Waals surface area (Å²) in [5, 5.41) is 3.22. The Morgan fingerprint density at radius 1 is 1.28 bits per heavy atom. The van der Waals surface area contributed by atoms with E-state index in [9.17, 15) is 0 Å². The predicted molar refractivity (Wildman–Crippen MR) is 75.7 cm³/mol. The van der Waals surface area contributed by atoms with Crippen LogP contribution in [0.25, 0.3) is 0 Å². The summed E-state index contributed by atoms with van der Waals surface area (Å²) >= 11 is 0. The van der Waals surface area contributed by atoms with Crippen molar-refractivity contribution < 1.29 is 0 Å². The number of anilines is 1. The lowest BCUT2D eigenvalue weighted by molar-refractivity contribution is 0.420. The lowest BCUT2D eigenvalue weighted by atomic mass is 9.96. The normalized spacial score (nSPS) is 30.7. The van der Waals surface area contributed by atoms with Crippen molar-refractivity contribution >= 4 is 11.6 Å². The summed E-state index contributed by atoms with van der Waals surface area (Å²) in [5.41, 5.74) is 8.28. The molecule has 18 heavy (non-hydrogen) atoms. The van der Waals surface area contributed by atoms with Gasteiger partial charge < -0.3 is 11.1 Å². The minimum atomic E-state index is 0.459. The van der Waals surface area contributed by atoms with Gasteiger partial charge in [0, 0.05) is 5.69 Å². The van der Waals surface area contributed by atoms with Gasteiger partial charge in [-0.05, 0) is 49.7 Å². The molecule has 0 amide bonds. The molecule has 2 fully saturated rings. The Kier molecular flexibility index (Phi) is 2.98. The van der Waals surface area contributed by atoms with Crippen LogP contribution in [0.1, 0.15) is 31.2 Å². The molecule has 0 unspecified atom stereocenters. The zero-order chi connectivity index (χ0) is 12.5. The fourth-order valence-electron chi connectivity index (χ4n) is 3.43. The first-order valence-corrected chi connectivity index (χ1v) is 6.88. The van der Waals surface area contributed by atoms with E-state index in [1.165, 1.54) is 31.2 Å². The van der Waals surface area contributed by atoms with Gasteiger partial charge in [-0.3, -0.25) is 0 Å². The second-order valence-electron chi connectivity index (χ2n) is 5.70. The van der Waals surface area contributed by atoms with Gasteiger partial charge in [0.15, 0.2) is 5.96 Å². The summed E-state index contributed by atoms with van der Waals surface area (Å²) in [6.07, 6.45) is 5.35. The number of hydrogen-bond acceptors (Lipinski definition) is 1. The molecule has 3 heteroatoms. The highest BCUT2D eigenvalue weighted by Gasteiger charge is 2.39. The van der Waals surface area contributed by atoms with Crippen LogP contribution in [0.3, 0.4) is 0 Å². The second-order valence-corrected chi connectivity index (χ2v) is 5.70. The maximum absolute atomic E-state index is 6.03. The van der Waals surface area contributed by atoms with Crippen molar-refractivity contribution in [1.29, 1.82) is 0 Å². The van der Waals surface area contributed by atoms with E-state index in [1.807, 2.05) is 18.2 Å². The third kappa shape index (κ3) is 2.22. The van der Waals surface area contributed by atoms with Gasteiger partial charge in [0.25, 0.3) is 0 Å². The smallest absolute Gasteiger partial charge is 0.193 e. The minimum Gasteiger partial charge on any atom is -0.370 e. The first-order valence-electron chi connectivity index (χ1n) is 6.88. The SMILES string of the molecule is Cc1ccccc1NC(N)=N[C@H]1C[C@@H]2CC[C@H]1C2. The largest absolute Gasteiger partial charge is 0.370 e. The summed E-state index contributed by atoms with van der Waals surface area (Å²) in [6, 6.07) is 8.62. The molecule has 0 saturated heterocycles. The quantitative estimate of drug-likeness (QED) is 0.620. The van der Waals surface area contributed by atoms with E-state index >= 15 is 0 Å². The van der Waals surface area contributed by atoms with Crippen molar-refractivity contribution in [2.24, 2.45) is 22.6 Å². The van der Waals surface area contributed by atoms with Gasteiger partial charge in [0.1, 0.15) is 0 Å².